The minimum atomic E-state index is -0.336. The predicted molar refractivity (Wildman–Crippen MR) is 74.6 cm³/mol. The van der Waals surface area contributed by atoms with Gasteiger partial charge in [-0.15, -0.1) is 0 Å². The summed E-state index contributed by atoms with van der Waals surface area (Å²) in [5, 5.41) is 0. The highest BCUT2D eigenvalue weighted by Crippen LogP contribution is 2.24. The first kappa shape index (κ1) is 13.3. The van der Waals surface area contributed by atoms with Gasteiger partial charge < -0.3 is 9.88 Å². The minimum Gasteiger partial charge on any atom is -0.334 e. The zero-order chi connectivity index (χ0) is 14.1. The van der Waals surface area contributed by atoms with Crippen molar-refractivity contribution in [3.05, 3.63) is 28.4 Å². The number of H-pyrrole nitrogens is 1. The van der Waals surface area contributed by atoms with Crippen LogP contribution in [0.15, 0.2) is 17.2 Å². The normalized spacial score (nSPS) is 24.4. The molecule has 0 radical (unpaired) electrons. The van der Waals surface area contributed by atoms with Gasteiger partial charge in [0.1, 0.15) is 5.69 Å². The number of amides is 1. The Hall–Kier alpha value is -1.69. The zero-order valence-electron chi connectivity index (χ0n) is 11.7. The molecule has 0 aromatic carbocycles. The fourth-order valence-electron chi connectivity index (χ4n) is 3.15. The molecule has 0 aliphatic carbocycles. The van der Waals surface area contributed by atoms with Gasteiger partial charge in [-0.05, 0) is 26.3 Å². The number of nitrogens with zero attached hydrogens (tertiary/aromatic N) is 3. The van der Waals surface area contributed by atoms with Gasteiger partial charge in [0.25, 0.3) is 11.5 Å². The van der Waals surface area contributed by atoms with E-state index in [4.69, 9.17) is 0 Å². The maximum absolute atomic E-state index is 12.2. The van der Waals surface area contributed by atoms with Gasteiger partial charge in [0, 0.05) is 25.2 Å². The number of hydrogen-bond donors (Lipinski definition) is 1. The molecule has 2 aliphatic rings. The summed E-state index contributed by atoms with van der Waals surface area (Å²) in [6.07, 6.45) is 6.40. The lowest BCUT2D eigenvalue weighted by molar-refractivity contribution is 0.00177. The third-order valence-electron chi connectivity index (χ3n) is 4.36. The summed E-state index contributed by atoms with van der Waals surface area (Å²) >= 11 is 0. The number of rotatable bonds is 2. The number of carbonyl (C=O) groups excluding carboxylic acids is 1. The van der Waals surface area contributed by atoms with E-state index < -0.39 is 0 Å². The van der Waals surface area contributed by atoms with Crippen LogP contribution in [0.1, 0.15) is 36.7 Å². The van der Waals surface area contributed by atoms with Crippen LogP contribution in [0.4, 0.5) is 0 Å². The molecule has 2 fully saturated rings. The van der Waals surface area contributed by atoms with Gasteiger partial charge >= 0.3 is 0 Å². The zero-order valence-corrected chi connectivity index (χ0v) is 11.7. The fourth-order valence-corrected chi connectivity index (χ4v) is 3.15. The van der Waals surface area contributed by atoms with Crippen molar-refractivity contribution in [1.82, 2.24) is 19.8 Å². The Morgan fingerprint density at radius 3 is 2.85 bits per heavy atom. The van der Waals surface area contributed by atoms with Crippen LogP contribution >= 0.6 is 0 Å². The van der Waals surface area contributed by atoms with Crippen molar-refractivity contribution in [2.24, 2.45) is 0 Å². The lowest BCUT2D eigenvalue weighted by Crippen LogP contribution is -2.63. The molecule has 1 aromatic heterocycles. The predicted octanol–water partition coefficient (Wildman–Crippen LogP) is 0.469. The lowest BCUT2D eigenvalue weighted by Gasteiger charge is -2.49. The minimum absolute atomic E-state index is 0.129. The quantitative estimate of drug-likeness (QED) is 0.852. The third-order valence-corrected chi connectivity index (χ3v) is 4.36. The molecule has 1 aromatic rings. The van der Waals surface area contributed by atoms with Crippen molar-refractivity contribution in [2.45, 2.75) is 38.3 Å². The number of nitrogens with one attached hydrogen (secondary N) is 1. The van der Waals surface area contributed by atoms with Gasteiger partial charge in [-0.25, -0.2) is 0 Å². The number of piperidine rings is 1. The fraction of sp³-hybridized carbons (Fsp3) is 0.643. The van der Waals surface area contributed by atoms with E-state index in [-0.39, 0.29) is 17.2 Å². The summed E-state index contributed by atoms with van der Waals surface area (Å²) in [6.45, 7) is 4.90. The number of aromatic amines is 1. The Labute approximate surface area is 117 Å². The number of aromatic nitrogens is 2. The van der Waals surface area contributed by atoms with E-state index in [0.717, 1.165) is 19.6 Å². The Morgan fingerprint density at radius 1 is 1.35 bits per heavy atom. The van der Waals surface area contributed by atoms with Crippen molar-refractivity contribution in [1.29, 1.82) is 0 Å². The van der Waals surface area contributed by atoms with Gasteiger partial charge in [0.2, 0.25) is 0 Å². The van der Waals surface area contributed by atoms with Gasteiger partial charge in [-0.1, -0.05) is 6.42 Å². The van der Waals surface area contributed by atoms with Gasteiger partial charge in [-0.3, -0.25) is 19.5 Å². The van der Waals surface area contributed by atoms with Crippen molar-refractivity contribution in [2.75, 3.05) is 19.6 Å². The number of carbonyl (C=O) groups is 1. The molecule has 1 N–H and O–H groups in total. The Morgan fingerprint density at radius 2 is 2.15 bits per heavy atom. The molecular formula is C14H20N4O2. The second-order valence-corrected chi connectivity index (χ2v) is 5.76. The van der Waals surface area contributed by atoms with E-state index in [0.29, 0.717) is 12.1 Å². The summed E-state index contributed by atoms with van der Waals surface area (Å²) in [5.74, 6) is -0.129. The van der Waals surface area contributed by atoms with Crippen LogP contribution in [0.3, 0.4) is 0 Å². The molecule has 108 valence electrons. The molecule has 2 saturated heterocycles. The Kier molecular flexibility index (Phi) is 3.56. The molecule has 6 heteroatoms. The van der Waals surface area contributed by atoms with Crippen LogP contribution in [0.5, 0.6) is 0 Å². The van der Waals surface area contributed by atoms with Crippen molar-refractivity contribution < 1.29 is 4.79 Å². The van der Waals surface area contributed by atoms with Gasteiger partial charge in [-0.2, -0.15) is 0 Å². The Bertz CT molecular complexity index is 550. The highest BCUT2D eigenvalue weighted by Gasteiger charge is 2.37. The smallest absolute Gasteiger partial charge is 0.272 e. The molecule has 0 bridgehead atoms. The van der Waals surface area contributed by atoms with Crippen LogP contribution in [0, 0.1) is 0 Å². The maximum Gasteiger partial charge on any atom is 0.272 e. The SMILES string of the molecule is CC1CCCCN1C1CN(C(=O)c2cncc(=O)[nH]2)C1. The molecule has 2 aliphatic heterocycles. The first-order valence-electron chi connectivity index (χ1n) is 7.24. The summed E-state index contributed by atoms with van der Waals surface area (Å²) < 4.78 is 0. The van der Waals surface area contributed by atoms with E-state index in [1.54, 1.807) is 4.90 Å². The molecule has 6 nitrogen and oxygen atoms in total. The second kappa shape index (κ2) is 5.36. The molecular weight excluding hydrogens is 256 g/mol. The maximum atomic E-state index is 12.2. The van der Waals surface area contributed by atoms with Crippen LogP contribution in [-0.2, 0) is 0 Å². The van der Waals surface area contributed by atoms with E-state index in [1.165, 1.54) is 31.7 Å². The molecule has 20 heavy (non-hydrogen) atoms. The highest BCUT2D eigenvalue weighted by molar-refractivity contribution is 5.92. The Balaban J connectivity index is 1.60. The monoisotopic (exact) mass is 276 g/mol. The van der Waals surface area contributed by atoms with Crippen molar-refractivity contribution >= 4 is 5.91 Å². The lowest BCUT2D eigenvalue weighted by atomic mass is 9.97. The molecule has 1 atom stereocenters. The summed E-state index contributed by atoms with van der Waals surface area (Å²) in [6, 6.07) is 1.09. The van der Waals surface area contributed by atoms with Gasteiger partial charge in [0.05, 0.1) is 12.4 Å². The van der Waals surface area contributed by atoms with E-state index in [2.05, 4.69) is 21.8 Å². The summed E-state index contributed by atoms with van der Waals surface area (Å²) in [5.41, 5.74) is -0.0554. The van der Waals surface area contributed by atoms with Crippen LogP contribution < -0.4 is 5.56 Å². The average Bonchev–Trinajstić information content (AvgIpc) is 2.39. The second-order valence-electron chi connectivity index (χ2n) is 5.76. The topological polar surface area (TPSA) is 69.3 Å². The highest BCUT2D eigenvalue weighted by atomic mass is 16.2. The molecule has 3 rings (SSSR count). The summed E-state index contributed by atoms with van der Waals surface area (Å²) in [7, 11) is 0. The molecule has 0 spiro atoms. The van der Waals surface area contributed by atoms with Crippen LogP contribution in [0.25, 0.3) is 0 Å². The van der Waals surface area contributed by atoms with Crippen molar-refractivity contribution in [3.8, 4) is 0 Å². The standard InChI is InChI=1S/C14H20N4O2/c1-10-4-2-3-5-18(10)11-8-17(9-11)14(20)12-6-15-7-13(19)16-12/h6-7,10-11H,2-5,8-9H2,1H3,(H,16,19). The average molecular weight is 276 g/mol. The van der Waals surface area contributed by atoms with E-state index in [1.807, 2.05) is 0 Å². The molecule has 1 amide bonds. The van der Waals surface area contributed by atoms with Crippen LogP contribution in [-0.4, -0.2) is 57.4 Å². The molecule has 1 unspecified atom stereocenters. The van der Waals surface area contributed by atoms with E-state index in [9.17, 15) is 9.59 Å². The molecule has 3 heterocycles. The number of likely N-dealkylation sites (tertiary alicyclic amines) is 2. The van der Waals surface area contributed by atoms with Crippen molar-refractivity contribution in [3.63, 3.8) is 0 Å². The third kappa shape index (κ3) is 2.47. The largest absolute Gasteiger partial charge is 0.334 e. The van der Waals surface area contributed by atoms with Gasteiger partial charge in [0.15, 0.2) is 0 Å². The van der Waals surface area contributed by atoms with E-state index >= 15 is 0 Å². The number of hydrogen-bond acceptors (Lipinski definition) is 4. The summed E-state index contributed by atoms with van der Waals surface area (Å²) in [4.78, 5) is 34.0. The first-order valence-corrected chi connectivity index (χ1v) is 7.24. The van der Waals surface area contributed by atoms with Crippen LogP contribution in [0.2, 0.25) is 0 Å². The molecule has 0 saturated carbocycles. The first-order chi connectivity index (χ1) is 9.65.